The van der Waals surface area contributed by atoms with Crippen molar-refractivity contribution < 1.29 is 9.47 Å². The van der Waals surface area contributed by atoms with E-state index in [1.54, 1.807) is 0 Å². The molecule has 2 atom stereocenters. The summed E-state index contributed by atoms with van der Waals surface area (Å²) in [6.45, 7) is 12.8. The molecule has 0 aliphatic rings. The molecule has 0 aromatic rings. The normalized spacial score (nSPS) is 16.5. The monoisotopic (exact) mass is 173 g/mol. The van der Waals surface area contributed by atoms with Gasteiger partial charge in [0.05, 0.1) is 12.7 Å². The van der Waals surface area contributed by atoms with Crippen molar-refractivity contribution in [3.05, 3.63) is 6.92 Å². The Balaban J connectivity index is 3.39. The highest BCUT2D eigenvalue weighted by molar-refractivity contribution is 4.52. The Bertz CT molecular complexity index is 102. The molecule has 73 valence electrons. The molecular formula is C10H21O2. The molecule has 0 N–H and O–H groups in total. The van der Waals surface area contributed by atoms with E-state index in [0.29, 0.717) is 12.5 Å². The maximum Gasteiger partial charge on any atom is 0.158 e. The number of hydrogen-bond donors (Lipinski definition) is 0. The average Bonchev–Trinajstić information content (AvgIpc) is 2.00. The zero-order chi connectivity index (χ0) is 9.56. The third-order valence-electron chi connectivity index (χ3n) is 1.57. The molecule has 0 saturated carbocycles. The first-order valence-corrected chi connectivity index (χ1v) is 4.66. The van der Waals surface area contributed by atoms with Crippen LogP contribution in [0.5, 0.6) is 0 Å². The van der Waals surface area contributed by atoms with Crippen LogP contribution in [0.4, 0.5) is 0 Å². The summed E-state index contributed by atoms with van der Waals surface area (Å²) in [7, 11) is 0. The smallest absolute Gasteiger partial charge is 0.158 e. The highest BCUT2D eigenvalue weighted by atomic mass is 16.7. The van der Waals surface area contributed by atoms with Crippen molar-refractivity contribution in [1.29, 1.82) is 0 Å². The molecule has 1 radical (unpaired) electrons. The fourth-order valence-electron chi connectivity index (χ4n) is 0.694. The van der Waals surface area contributed by atoms with Crippen LogP contribution < -0.4 is 0 Å². The highest BCUT2D eigenvalue weighted by Crippen LogP contribution is 2.04. The summed E-state index contributed by atoms with van der Waals surface area (Å²) in [5.41, 5.74) is 0. The Hall–Kier alpha value is -0.0800. The van der Waals surface area contributed by atoms with Crippen LogP contribution in [0, 0.1) is 12.8 Å². The third kappa shape index (κ3) is 6.62. The number of ether oxygens (including phenoxy) is 2. The molecule has 0 amide bonds. The third-order valence-corrected chi connectivity index (χ3v) is 1.57. The van der Waals surface area contributed by atoms with E-state index >= 15 is 0 Å². The van der Waals surface area contributed by atoms with E-state index in [9.17, 15) is 0 Å². The van der Waals surface area contributed by atoms with E-state index < -0.39 is 0 Å². The van der Waals surface area contributed by atoms with Crippen LogP contribution in [0.3, 0.4) is 0 Å². The first-order valence-electron chi connectivity index (χ1n) is 4.66. The van der Waals surface area contributed by atoms with Crippen molar-refractivity contribution in [3.8, 4) is 0 Å². The molecule has 0 aromatic carbocycles. The second kappa shape index (κ2) is 6.44. The Labute approximate surface area is 76.3 Å². The van der Waals surface area contributed by atoms with Crippen LogP contribution >= 0.6 is 0 Å². The molecule has 0 aliphatic carbocycles. The Morgan fingerprint density at radius 1 is 1.25 bits per heavy atom. The number of hydrogen-bond acceptors (Lipinski definition) is 2. The van der Waals surface area contributed by atoms with Gasteiger partial charge in [0, 0.05) is 6.92 Å². The van der Waals surface area contributed by atoms with Crippen molar-refractivity contribution in [3.63, 3.8) is 0 Å². The molecule has 0 aliphatic heterocycles. The molecule has 2 nitrogen and oxygen atoms in total. The number of rotatable bonds is 6. The summed E-state index contributed by atoms with van der Waals surface area (Å²) in [5, 5.41) is 0. The van der Waals surface area contributed by atoms with Gasteiger partial charge in [-0.2, -0.15) is 0 Å². The molecule has 0 aromatic heterocycles. The van der Waals surface area contributed by atoms with Crippen molar-refractivity contribution in [1.82, 2.24) is 0 Å². The van der Waals surface area contributed by atoms with Crippen molar-refractivity contribution in [2.75, 3.05) is 6.61 Å². The SMILES string of the molecule is [CH2]C(OCC(C)C)OC(C)CC. The van der Waals surface area contributed by atoms with E-state index in [0.717, 1.165) is 6.42 Å². The lowest BCUT2D eigenvalue weighted by molar-refractivity contribution is -0.145. The van der Waals surface area contributed by atoms with E-state index in [1.165, 1.54) is 0 Å². The predicted octanol–water partition coefficient (Wildman–Crippen LogP) is 2.63. The van der Waals surface area contributed by atoms with Crippen molar-refractivity contribution in [2.45, 2.75) is 46.5 Å². The first kappa shape index (κ1) is 11.9. The molecule has 0 rings (SSSR count). The van der Waals surface area contributed by atoms with Crippen molar-refractivity contribution in [2.24, 2.45) is 5.92 Å². The Kier molecular flexibility index (Phi) is 6.39. The summed E-state index contributed by atoms with van der Waals surface area (Å²) in [6, 6.07) is 0. The fraction of sp³-hybridized carbons (Fsp3) is 0.900. The summed E-state index contributed by atoms with van der Waals surface area (Å²) < 4.78 is 10.8. The largest absolute Gasteiger partial charge is 0.352 e. The minimum absolute atomic E-state index is 0.236. The van der Waals surface area contributed by atoms with Crippen molar-refractivity contribution >= 4 is 0 Å². The van der Waals surface area contributed by atoms with Gasteiger partial charge in [0.1, 0.15) is 0 Å². The second-order valence-electron chi connectivity index (χ2n) is 3.51. The first-order chi connectivity index (χ1) is 5.56. The van der Waals surface area contributed by atoms with Gasteiger partial charge in [-0.3, -0.25) is 0 Å². The Morgan fingerprint density at radius 3 is 2.25 bits per heavy atom. The zero-order valence-corrected chi connectivity index (χ0v) is 8.67. The molecule has 2 heteroatoms. The average molecular weight is 173 g/mol. The lowest BCUT2D eigenvalue weighted by atomic mass is 10.2. The van der Waals surface area contributed by atoms with Gasteiger partial charge >= 0.3 is 0 Å². The van der Waals surface area contributed by atoms with Gasteiger partial charge in [0.25, 0.3) is 0 Å². The maximum absolute atomic E-state index is 5.42. The lowest BCUT2D eigenvalue weighted by Crippen LogP contribution is -2.21. The molecular weight excluding hydrogens is 152 g/mol. The minimum Gasteiger partial charge on any atom is -0.352 e. The summed E-state index contributed by atoms with van der Waals surface area (Å²) >= 11 is 0. The topological polar surface area (TPSA) is 18.5 Å². The van der Waals surface area contributed by atoms with Crippen LogP contribution in [-0.2, 0) is 9.47 Å². The van der Waals surface area contributed by atoms with Gasteiger partial charge in [0.2, 0.25) is 0 Å². The summed E-state index contributed by atoms with van der Waals surface area (Å²) in [6.07, 6.45) is 0.916. The highest BCUT2D eigenvalue weighted by Gasteiger charge is 2.07. The molecule has 12 heavy (non-hydrogen) atoms. The van der Waals surface area contributed by atoms with E-state index in [1.807, 2.05) is 6.92 Å². The molecule has 0 fully saturated rings. The molecule has 2 unspecified atom stereocenters. The minimum atomic E-state index is -0.317. The van der Waals surface area contributed by atoms with E-state index in [-0.39, 0.29) is 12.4 Å². The van der Waals surface area contributed by atoms with Crippen LogP contribution in [-0.4, -0.2) is 19.0 Å². The lowest BCUT2D eigenvalue weighted by Gasteiger charge is -2.19. The van der Waals surface area contributed by atoms with Gasteiger partial charge in [-0.25, -0.2) is 0 Å². The Morgan fingerprint density at radius 2 is 1.83 bits per heavy atom. The van der Waals surface area contributed by atoms with Gasteiger partial charge in [-0.15, -0.1) is 0 Å². The summed E-state index contributed by atoms with van der Waals surface area (Å²) in [4.78, 5) is 0. The zero-order valence-electron chi connectivity index (χ0n) is 8.67. The van der Waals surface area contributed by atoms with Crippen LogP contribution in [0.1, 0.15) is 34.1 Å². The summed E-state index contributed by atoms with van der Waals surface area (Å²) in [5.74, 6) is 0.537. The standard InChI is InChI=1S/C10H21O2/c1-6-9(4)12-10(5)11-7-8(2)3/h8-10H,5-7H2,1-4H3. The molecule has 0 heterocycles. The van der Waals surface area contributed by atoms with Gasteiger partial charge in [0.15, 0.2) is 6.29 Å². The quantitative estimate of drug-likeness (QED) is 0.575. The van der Waals surface area contributed by atoms with Gasteiger partial charge in [-0.1, -0.05) is 20.8 Å². The second-order valence-corrected chi connectivity index (χ2v) is 3.51. The van der Waals surface area contributed by atoms with Crippen LogP contribution in [0.2, 0.25) is 0 Å². The van der Waals surface area contributed by atoms with E-state index in [4.69, 9.17) is 9.47 Å². The van der Waals surface area contributed by atoms with Gasteiger partial charge < -0.3 is 9.47 Å². The van der Waals surface area contributed by atoms with E-state index in [2.05, 4.69) is 27.7 Å². The molecule has 0 saturated heterocycles. The van der Waals surface area contributed by atoms with Gasteiger partial charge in [-0.05, 0) is 19.3 Å². The van der Waals surface area contributed by atoms with Crippen LogP contribution in [0.15, 0.2) is 0 Å². The van der Waals surface area contributed by atoms with Crippen LogP contribution in [0.25, 0.3) is 0 Å². The molecule has 0 spiro atoms. The maximum atomic E-state index is 5.42. The molecule has 0 bridgehead atoms. The predicted molar refractivity (Wildman–Crippen MR) is 50.8 cm³/mol. The fourth-order valence-corrected chi connectivity index (χ4v) is 0.694.